The van der Waals surface area contributed by atoms with Crippen LogP contribution >= 0.6 is 0 Å². The van der Waals surface area contributed by atoms with Crippen LogP contribution in [-0.2, 0) is 15.0 Å². The van der Waals surface area contributed by atoms with Gasteiger partial charge in [-0.25, -0.2) is 0 Å². The fourth-order valence-electron chi connectivity index (χ4n) is 3.14. The van der Waals surface area contributed by atoms with Crippen molar-refractivity contribution in [3.63, 3.8) is 0 Å². The Bertz CT molecular complexity index is 778. The fraction of sp³-hybridized carbons (Fsp3) is 0.391. The molecule has 0 aromatic heterocycles. The largest absolute Gasteiger partial charge is 0.350 e. The van der Waals surface area contributed by atoms with Crippen LogP contribution in [0, 0.1) is 0 Å². The molecular weight excluding hydrogens is 336 g/mol. The molecule has 0 radical (unpaired) electrons. The first-order chi connectivity index (χ1) is 12.7. The van der Waals surface area contributed by atoms with Gasteiger partial charge in [0.1, 0.15) is 0 Å². The van der Waals surface area contributed by atoms with Gasteiger partial charge in [-0.3, -0.25) is 9.59 Å². The molecular formula is C23H30N2O2. The van der Waals surface area contributed by atoms with Gasteiger partial charge >= 0.3 is 0 Å². The zero-order chi connectivity index (χ0) is 20.0. The van der Waals surface area contributed by atoms with Gasteiger partial charge < -0.3 is 10.2 Å². The molecule has 0 bridgehead atoms. The quantitative estimate of drug-likeness (QED) is 0.812. The van der Waals surface area contributed by atoms with Crippen LogP contribution in [0.3, 0.4) is 0 Å². The fourth-order valence-corrected chi connectivity index (χ4v) is 3.14. The number of nitrogens with one attached hydrogen (secondary N) is 1. The summed E-state index contributed by atoms with van der Waals surface area (Å²) in [5.41, 5.74) is 2.95. The lowest BCUT2D eigenvalue weighted by Gasteiger charge is -2.29. The third-order valence-electron chi connectivity index (χ3n) is 4.62. The predicted octanol–water partition coefficient (Wildman–Crippen LogP) is 4.60. The number of carbonyl (C=O) groups excluding carboxylic acids is 2. The smallest absolute Gasteiger partial charge is 0.223 e. The van der Waals surface area contributed by atoms with E-state index in [2.05, 4.69) is 26.1 Å². The van der Waals surface area contributed by atoms with E-state index >= 15 is 0 Å². The lowest BCUT2D eigenvalue weighted by Crippen LogP contribution is -2.36. The van der Waals surface area contributed by atoms with Crippen molar-refractivity contribution in [1.29, 1.82) is 0 Å². The monoisotopic (exact) mass is 366 g/mol. The first-order valence-electron chi connectivity index (χ1n) is 9.42. The highest BCUT2D eigenvalue weighted by Gasteiger charge is 2.23. The topological polar surface area (TPSA) is 49.4 Å². The zero-order valence-corrected chi connectivity index (χ0v) is 17.0. The van der Waals surface area contributed by atoms with Crippen molar-refractivity contribution in [1.82, 2.24) is 5.32 Å². The Kier molecular flexibility index (Phi) is 6.78. The molecule has 0 heterocycles. The second-order valence-corrected chi connectivity index (χ2v) is 7.89. The van der Waals surface area contributed by atoms with E-state index in [1.54, 1.807) is 11.8 Å². The van der Waals surface area contributed by atoms with Gasteiger partial charge in [-0.15, -0.1) is 0 Å². The Labute approximate surface area is 162 Å². The molecule has 1 unspecified atom stereocenters. The minimum atomic E-state index is -0.0889. The van der Waals surface area contributed by atoms with Crippen molar-refractivity contribution >= 4 is 17.5 Å². The average Bonchev–Trinajstić information content (AvgIpc) is 2.62. The molecule has 0 fully saturated rings. The van der Waals surface area contributed by atoms with Gasteiger partial charge in [0.25, 0.3) is 0 Å². The Morgan fingerprint density at radius 1 is 1.00 bits per heavy atom. The third-order valence-corrected chi connectivity index (χ3v) is 4.62. The van der Waals surface area contributed by atoms with E-state index in [-0.39, 0.29) is 29.7 Å². The van der Waals surface area contributed by atoms with Crippen molar-refractivity contribution in [2.45, 2.75) is 52.5 Å². The van der Waals surface area contributed by atoms with Crippen LogP contribution in [0.1, 0.15) is 58.2 Å². The number of hydrogen-bond acceptors (Lipinski definition) is 2. The molecule has 0 aliphatic heterocycles. The number of rotatable bonds is 6. The molecule has 1 atom stereocenters. The summed E-state index contributed by atoms with van der Waals surface area (Å²) in [6.45, 7) is 10.2. The first-order valence-corrected chi connectivity index (χ1v) is 9.42. The van der Waals surface area contributed by atoms with Crippen molar-refractivity contribution in [2.75, 3.05) is 11.4 Å². The van der Waals surface area contributed by atoms with E-state index in [1.807, 2.05) is 61.5 Å². The molecule has 0 spiro atoms. The molecule has 27 heavy (non-hydrogen) atoms. The number of carbonyl (C=O) groups is 2. The minimum Gasteiger partial charge on any atom is -0.350 e. The molecule has 0 saturated carbocycles. The summed E-state index contributed by atoms with van der Waals surface area (Å²) < 4.78 is 0. The lowest BCUT2D eigenvalue weighted by atomic mass is 9.85. The second kappa shape index (κ2) is 8.85. The van der Waals surface area contributed by atoms with Crippen LogP contribution in [0.2, 0.25) is 0 Å². The zero-order valence-electron chi connectivity index (χ0n) is 17.0. The van der Waals surface area contributed by atoms with E-state index in [0.29, 0.717) is 6.54 Å². The maximum absolute atomic E-state index is 12.4. The van der Waals surface area contributed by atoms with Gasteiger partial charge in [0.15, 0.2) is 0 Å². The number of hydrogen-bond donors (Lipinski definition) is 1. The number of nitrogens with zero attached hydrogens (tertiary/aromatic N) is 1. The maximum Gasteiger partial charge on any atom is 0.223 e. The molecule has 0 aliphatic carbocycles. The molecule has 2 aromatic carbocycles. The Balaban J connectivity index is 2.08. The average molecular weight is 367 g/mol. The minimum absolute atomic E-state index is 0.0596. The van der Waals surface area contributed by atoms with Crippen LogP contribution in [-0.4, -0.2) is 18.4 Å². The van der Waals surface area contributed by atoms with Gasteiger partial charge in [0, 0.05) is 25.6 Å². The van der Waals surface area contributed by atoms with E-state index < -0.39 is 0 Å². The van der Waals surface area contributed by atoms with E-state index in [0.717, 1.165) is 16.8 Å². The molecule has 2 aromatic rings. The Morgan fingerprint density at radius 2 is 1.59 bits per heavy atom. The standard InChI is InChI=1S/C23H30N2O2/c1-17(19-11-7-6-8-12-19)24-22(27)15-16-25(18(2)26)21-14-10-9-13-20(21)23(3,4)5/h6-14,17H,15-16H2,1-5H3,(H,24,27). The summed E-state index contributed by atoms with van der Waals surface area (Å²) in [6.07, 6.45) is 0.259. The van der Waals surface area contributed by atoms with Crippen molar-refractivity contribution in [3.8, 4) is 0 Å². The second-order valence-electron chi connectivity index (χ2n) is 7.89. The number of para-hydroxylation sites is 1. The van der Waals surface area contributed by atoms with Gasteiger partial charge in [-0.05, 0) is 29.5 Å². The highest BCUT2D eigenvalue weighted by atomic mass is 16.2. The molecule has 4 heteroatoms. The molecule has 4 nitrogen and oxygen atoms in total. The molecule has 144 valence electrons. The third kappa shape index (κ3) is 5.68. The Hall–Kier alpha value is -2.62. The van der Waals surface area contributed by atoms with Crippen LogP contribution in [0.4, 0.5) is 5.69 Å². The van der Waals surface area contributed by atoms with E-state index in [4.69, 9.17) is 0 Å². The van der Waals surface area contributed by atoms with Crippen molar-refractivity contribution < 1.29 is 9.59 Å². The van der Waals surface area contributed by atoms with Crippen molar-refractivity contribution in [2.24, 2.45) is 0 Å². The molecule has 1 N–H and O–H groups in total. The van der Waals surface area contributed by atoms with Gasteiger partial charge in [-0.1, -0.05) is 69.3 Å². The highest BCUT2D eigenvalue weighted by Crippen LogP contribution is 2.32. The summed E-state index contributed by atoms with van der Waals surface area (Å²) in [5, 5.41) is 3.01. The highest BCUT2D eigenvalue weighted by molar-refractivity contribution is 5.93. The van der Waals surface area contributed by atoms with Gasteiger partial charge in [0.2, 0.25) is 11.8 Å². The van der Waals surface area contributed by atoms with Crippen molar-refractivity contribution in [3.05, 3.63) is 65.7 Å². The van der Waals surface area contributed by atoms with Gasteiger partial charge in [0.05, 0.1) is 6.04 Å². The van der Waals surface area contributed by atoms with Crippen LogP contribution in [0.5, 0.6) is 0 Å². The predicted molar refractivity (Wildman–Crippen MR) is 111 cm³/mol. The summed E-state index contributed by atoms with van der Waals surface area (Å²) in [4.78, 5) is 26.4. The molecule has 0 aliphatic rings. The first kappa shape index (κ1) is 20.7. The van der Waals surface area contributed by atoms with Gasteiger partial charge in [-0.2, -0.15) is 0 Å². The van der Waals surface area contributed by atoms with Crippen LogP contribution < -0.4 is 10.2 Å². The molecule has 0 saturated heterocycles. The summed E-state index contributed by atoms with van der Waals surface area (Å²) in [7, 11) is 0. The van der Waals surface area contributed by atoms with E-state index in [9.17, 15) is 9.59 Å². The lowest BCUT2D eigenvalue weighted by molar-refractivity contribution is -0.121. The summed E-state index contributed by atoms with van der Waals surface area (Å²) in [6, 6.07) is 17.7. The van der Waals surface area contributed by atoms with Crippen LogP contribution in [0.25, 0.3) is 0 Å². The van der Waals surface area contributed by atoms with E-state index in [1.165, 1.54) is 0 Å². The Morgan fingerprint density at radius 3 is 2.19 bits per heavy atom. The van der Waals surface area contributed by atoms with Crippen LogP contribution in [0.15, 0.2) is 54.6 Å². The SMILES string of the molecule is CC(=O)N(CCC(=O)NC(C)c1ccccc1)c1ccccc1C(C)(C)C. The number of benzene rings is 2. The molecule has 2 amide bonds. The number of amides is 2. The normalized spacial score (nSPS) is 12.3. The summed E-state index contributed by atoms with van der Waals surface area (Å²) >= 11 is 0. The molecule has 2 rings (SSSR count). The number of anilines is 1. The summed E-state index contributed by atoms with van der Waals surface area (Å²) in [5.74, 6) is -0.124. The maximum atomic E-state index is 12.4.